The van der Waals surface area contributed by atoms with Crippen LogP contribution in [0.15, 0.2) is 47.0 Å². The second-order valence-corrected chi connectivity index (χ2v) is 11.9. The lowest BCUT2D eigenvalue weighted by Crippen LogP contribution is -2.44. The quantitative estimate of drug-likeness (QED) is 0.240. The molecule has 0 unspecified atom stereocenters. The molecule has 3 heterocycles. The van der Waals surface area contributed by atoms with Gasteiger partial charge in [0.25, 0.3) is 5.91 Å². The number of nitrogens with zero attached hydrogens (tertiary/aromatic N) is 3. The van der Waals surface area contributed by atoms with E-state index in [1.807, 2.05) is 18.2 Å². The Hall–Kier alpha value is -3.76. The molecule has 2 aromatic heterocycles. The zero-order chi connectivity index (χ0) is 28.5. The van der Waals surface area contributed by atoms with Gasteiger partial charge in [0, 0.05) is 35.2 Å². The molecule has 4 aromatic rings. The molecular formula is C31H34N4O5S. The number of carboxylic acids is 1. The number of aryl methyl sites for hydroxylation is 1. The number of carboxylic acid groups (broad SMARTS) is 1. The van der Waals surface area contributed by atoms with Crippen molar-refractivity contribution in [3.05, 3.63) is 64.9 Å². The summed E-state index contributed by atoms with van der Waals surface area (Å²) in [4.78, 5) is 30.4. The van der Waals surface area contributed by atoms with Crippen LogP contribution in [-0.4, -0.2) is 52.4 Å². The van der Waals surface area contributed by atoms with E-state index in [2.05, 4.69) is 41.4 Å². The third-order valence-corrected chi connectivity index (χ3v) is 9.11. The van der Waals surface area contributed by atoms with Gasteiger partial charge in [-0.2, -0.15) is 0 Å². The Kier molecular flexibility index (Phi) is 7.77. The first-order valence-corrected chi connectivity index (χ1v) is 15.1. The van der Waals surface area contributed by atoms with Gasteiger partial charge in [-0.3, -0.25) is 9.59 Å². The fraction of sp³-hybridized carbons (Fsp3) is 0.419. The number of carbonyl (C=O) groups excluding carboxylic acids is 1. The highest BCUT2D eigenvalue weighted by atomic mass is 32.1. The molecule has 9 nitrogen and oxygen atoms in total. The Bertz CT molecular complexity index is 1580. The summed E-state index contributed by atoms with van der Waals surface area (Å²) in [5, 5.41) is 16.7. The van der Waals surface area contributed by atoms with Crippen molar-refractivity contribution < 1.29 is 24.0 Å². The van der Waals surface area contributed by atoms with E-state index in [1.165, 1.54) is 5.56 Å². The van der Waals surface area contributed by atoms with Crippen molar-refractivity contribution in [1.29, 1.82) is 0 Å². The minimum absolute atomic E-state index is 0.127. The van der Waals surface area contributed by atoms with Crippen LogP contribution in [0.5, 0.6) is 0 Å². The fourth-order valence-corrected chi connectivity index (χ4v) is 6.72. The van der Waals surface area contributed by atoms with Gasteiger partial charge in [-0.05, 0) is 62.8 Å². The van der Waals surface area contributed by atoms with Crippen molar-refractivity contribution in [3.63, 3.8) is 0 Å². The van der Waals surface area contributed by atoms with Crippen molar-refractivity contribution in [3.8, 4) is 11.3 Å². The average molecular weight is 575 g/mol. The molecule has 0 bridgehead atoms. The minimum atomic E-state index is -1.07. The lowest BCUT2D eigenvalue weighted by atomic mass is 9.97. The maximum absolute atomic E-state index is 12.3. The Morgan fingerprint density at radius 2 is 2.02 bits per heavy atom. The first kappa shape index (κ1) is 27.4. The zero-order valence-corrected chi connectivity index (χ0v) is 24.1. The molecule has 0 radical (unpaired) electrons. The number of aromatic nitrogens is 2. The summed E-state index contributed by atoms with van der Waals surface area (Å²) in [6.07, 6.45) is 5.16. The highest BCUT2D eigenvalue weighted by Gasteiger charge is 2.34. The Labute approximate surface area is 242 Å². The second kappa shape index (κ2) is 11.6. The molecule has 2 aromatic carbocycles. The summed E-state index contributed by atoms with van der Waals surface area (Å²) < 4.78 is 13.3. The van der Waals surface area contributed by atoms with Gasteiger partial charge in [-0.1, -0.05) is 47.7 Å². The summed E-state index contributed by atoms with van der Waals surface area (Å²) in [6.45, 7) is 5.21. The van der Waals surface area contributed by atoms with Crippen LogP contribution in [0.2, 0.25) is 0 Å². The van der Waals surface area contributed by atoms with Crippen molar-refractivity contribution in [2.45, 2.75) is 70.6 Å². The lowest BCUT2D eigenvalue weighted by Gasteiger charge is -2.39. The highest BCUT2D eigenvalue weighted by Crippen LogP contribution is 2.45. The number of fused-ring (bicyclic) bond motifs is 1. The fourth-order valence-electron chi connectivity index (χ4n) is 5.62. The minimum Gasteiger partial charge on any atom is -0.480 e. The number of nitrogens with one attached hydrogen (secondary N) is 1. The predicted octanol–water partition coefficient (Wildman–Crippen LogP) is 5.92. The molecule has 6 rings (SSSR count). The SMILES string of the molecule is CC[C@H]1C[C@H](OCc2c(-c3ccccc3C)noc2C2CC2)CCN1c1nc2ccc(C(=O)NCC(=O)O)cc2s1. The van der Waals surface area contributed by atoms with E-state index in [9.17, 15) is 9.59 Å². The van der Waals surface area contributed by atoms with E-state index < -0.39 is 18.4 Å². The number of amides is 1. The average Bonchev–Trinajstić information content (AvgIpc) is 3.60. The van der Waals surface area contributed by atoms with E-state index in [1.54, 1.807) is 23.5 Å². The van der Waals surface area contributed by atoms with Gasteiger partial charge < -0.3 is 24.6 Å². The second-order valence-electron chi connectivity index (χ2n) is 10.9. The zero-order valence-electron chi connectivity index (χ0n) is 23.3. The molecule has 1 saturated heterocycles. The number of hydrogen-bond donors (Lipinski definition) is 2. The van der Waals surface area contributed by atoms with Crippen LogP contribution in [0, 0.1) is 6.92 Å². The number of thiazole rings is 1. The topological polar surface area (TPSA) is 118 Å². The Morgan fingerprint density at radius 3 is 2.78 bits per heavy atom. The number of anilines is 1. The van der Waals surface area contributed by atoms with Crippen LogP contribution in [0.3, 0.4) is 0 Å². The summed E-state index contributed by atoms with van der Waals surface area (Å²) >= 11 is 1.56. The summed E-state index contributed by atoms with van der Waals surface area (Å²) in [5.41, 5.74) is 5.52. The van der Waals surface area contributed by atoms with Crippen LogP contribution in [-0.2, 0) is 16.1 Å². The molecule has 2 atom stereocenters. The molecule has 1 saturated carbocycles. The smallest absolute Gasteiger partial charge is 0.322 e. The van der Waals surface area contributed by atoms with E-state index >= 15 is 0 Å². The number of ether oxygens (including phenoxy) is 1. The van der Waals surface area contributed by atoms with Gasteiger partial charge in [0.1, 0.15) is 18.0 Å². The third kappa shape index (κ3) is 5.85. The molecule has 2 N–H and O–H groups in total. The molecule has 2 fully saturated rings. The predicted molar refractivity (Wildman–Crippen MR) is 157 cm³/mol. The van der Waals surface area contributed by atoms with E-state index in [-0.39, 0.29) is 12.1 Å². The first-order chi connectivity index (χ1) is 19.9. The van der Waals surface area contributed by atoms with Crippen LogP contribution in [0.25, 0.3) is 21.5 Å². The van der Waals surface area contributed by atoms with Crippen LogP contribution < -0.4 is 10.2 Å². The van der Waals surface area contributed by atoms with Gasteiger partial charge in [-0.15, -0.1) is 0 Å². The summed E-state index contributed by atoms with van der Waals surface area (Å²) in [5.74, 6) is -0.0453. The first-order valence-electron chi connectivity index (χ1n) is 14.2. The molecule has 1 aliphatic heterocycles. The van der Waals surface area contributed by atoms with Gasteiger partial charge in [0.15, 0.2) is 5.13 Å². The normalized spacial score (nSPS) is 19.0. The standard InChI is InChI=1S/C31H34N4O5S/c1-3-21-15-22(39-17-24-28(23-7-5-4-6-18(23)2)34-40-29(24)19-8-9-19)12-13-35(21)31-33-25-11-10-20(14-26(25)41-31)30(38)32-16-27(36)37/h4-7,10-11,14,19,21-22H,3,8-9,12-13,15-17H2,1-2H3,(H,32,38)(H,36,37)/t21-,22+/m0/s1. The third-order valence-electron chi connectivity index (χ3n) is 8.05. The number of benzene rings is 2. The largest absolute Gasteiger partial charge is 0.480 e. The van der Waals surface area contributed by atoms with Crippen LogP contribution >= 0.6 is 11.3 Å². The van der Waals surface area contributed by atoms with Crippen molar-refractivity contribution >= 4 is 38.6 Å². The van der Waals surface area contributed by atoms with Crippen molar-refractivity contribution in [2.24, 2.45) is 0 Å². The van der Waals surface area contributed by atoms with Gasteiger partial charge in [-0.25, -0.2) is 4.98 Å². The van der Waals surface area contributed by atoms with Crippen molar-refractivity contribution in [2.75, 3.05) is 18.0 Å². The Balaban J connectivity index is 1.14. The number of aliphatic carboxylic acids is 1. The number of piperidine rings is 1. The molecular weight excluding hydrogens is 540 g/mol. The molecule has 1 aliphatic carbocycles. The van der Waals surface area contributed by atoms with E-state index in [0.717, 1.165) is 76.6 Å². The monoisotopic (exact) mass is 574 g/mol. The van der Waals surface area contributed by atoms with Gasteiger partial charge >= 0.3 is 5.97 Å². The van der Waals surface area contributed by atoms with E-state index in [0.29, 0.717) is 18.1 Å². The van der Waals surface area contributed by atoms with E-state index in [4.69, 9.17) is 19.4 Å². The molecule has 1 amide bonds. The summed E-state index contributed by atoms with van der Waals surface area (Å²) in [6, 6.07) is 13.9. The number of hydrogen-bond acceptors (Lipinski definition) is 8. The maximum atomic E-state index is 12.3. The van der Waals surface area contributed by atoms with Crippen LogP contribution in [0.1, 0.15) is 72.2 Å². The molecule has 2 aliphatic rings. The molecule has 10 heteroatoms. The van der Waals surface area contributed by atoms with Gasteiger partial charge in [0.05, 0.1) is 22.9 Å². The van der Waals surface area contributed by atoms with Crippen molar-refractivity contribution in [1.82, 2.24) is 15.5 Å². The maximum Gasteiger partial charge on any atom is 0.322 e. The lowest BCUT2D eigenvalue weighted by molar-refractivity contribution is -0.135. The molecule has 214 valence electrons. The molecule has 0 spiro atoms. The summed E-state index contributed by atoms with van der Waals surface area (Å²) in [7, 11) is 0. The van der Waals surface area contributed by atoms with Gasteiger partial charge in [0.2, 0.25) is 0 Å². The Morgan fingerprint density at radius 1 is 1.20 bits per heavy atom. The van der Waals surface area contributed by atoms with Crippen LogP contribution in [0.4, 0.5) is 5.13 Å². The number of carbonyl (C=O) groups is 2. The highest BCUT2D eigenvalue weighted by molar-refractivity contribution is 7.22. The molecule has 41 heavy (non-hydrogen) atoms. The number of rotatable bonds is 10.